The third-order valence-corrected chi connectivity index (χ3v) is 11.2. The molecule has 7 aromatic carbocycles. The van der Waals surface area contributed by atoms with Crippen LogP contribution in [-0.2, 0) is 5.41 Å². The molecular weight excluding hydrogens is 569 g/mol. The van der Waals surface area contributed by atoms with Crippen LogP contribution in [0.15, 0.2) is 164 Å². The molecule has 1 aliphatic heterocycles. The number of hydrogen-bond donors (Lipinski definition) is 0. The molecule has 0 bridgehead atoms. The fourth-order valence-corrected chi connectivity index (χ4v) is 9.28. The molecule has 1 heterocycles. The summed E-state index contributed by atoms with van der Waals surface area (Å²) >= 11 is 0. The van der Waals surface area contributed by atoms with E-state index in [2.05, 4.69) is 177 Å². The maximum absolute atomic E-state index is 6.59. The Bertz CT molecular complexity index is 2410. The fraction of sp³-hybridized carbons (Fsp3) is 0.0870. The van der Waals surface area contributed by atoms with Crippen LogP contribution in [0.25, 0.3) is 39.1 Å². The van der Waals surface area contributed by atoms with Crippen molar-refractivity contribution in [1.29, 1.82) is 0 Å². The van der Waals surface area contributed by atoms with Gasteiger partial charge in [-0.1, -0.05) is 153 Å². The van der Waals surface area contributed by atoms with E-state index in [-0.39, 0.29) is 11.3 Å². The SMILES string of the molecule is CC12C=Cc3ccccc3C1c1ccccc1C2(c1ccccc1)c1cccc(-c2ccc3c(c2)Oc2cccc4cccc-3c24)c1. The number of hydrogen-bond acceptors (Lipinski definition) is 1. The van der Waals surface area contributed by atoms with Gasteiger partial charge in [0.25, 0.3) is 0 Å². The Morgan fingerprint density at radius 1 is 0.532 bits per heavy atom. The molecule has 222 valence electrons. The topological polar surface area (TPSA) is 9.23 Å². The van der Waals surface area contributed by atoms with Crippen LogP contribution in [-0.4, -0.2) is 0 Å². The molecule has 0 saturated carbocycles. The van der Waals surface area contributed by atoms with Crippen LogP contribution in [0.4, 0.5) is 0 Å². The zero-order valence-corrected chi connectivity index (χ0v) is 26.2. The van der Waals surface area contributed by atoms with E-state index >= 15 is 0 Å². The smallest absolute Gasteiger partial charge is 0.135 e. The molecule has 0 amide bonds. The molecule has 0 aromatic heterocycles. The minimum absolute atomic E-state index is 0.226. The van der Waals surface area contributed by atoms with E-state index in [4.69, 9.17) is 4.74 Å². The van der Waals surface area contributed by atoms with Gasteiger partial charge >= 0.3 is 0 Å². The van der Waals surface area contributed by atoms with Crippen molar-refractivity contribution in [2.24, 2.45) is 5.41 Å². The number of rotatable bonds is 3. The zero-order valence-electron chi connectivity index (χ0n) is 26.2. The predicted molar refractivity (Wildman–Crippen MR) is 193 cm³/mol. The van der Waals surface area contributed by atoms with Crippen molar-refractivity contribution in [2.45, 2.75) is 18.3 Å². The van der Waals surface area contributed by atoms with Crippen LogP contribution in [0, 0.1) is 5.41 Å². The molecule has 47 heavy (non-hydrogen) atoms. The molecule has 0 fully saturated rings. The summed E-state index contributed by atoms with van der Waals surface area (Å²) in [7, 11) is 0. The van der Waals surface area contributed by atoms with Crippen molar-refractivity contribution >= 4 is 16.8 Å². The van der Waals surface area contributed by atoms with Crippen molar-refractivity contribution in [3.8, 4) is 33.8 Å². The van der Waals surface area contributed by atoms with E-state index in [0.717, 1.165) is 22.6 Å². The van der Waals surface area contributed by atoms with E-state index < -0.39 is 5.41 Å². The number of benzene rings is 7. The first-order chi connectivity index (χ1) is 23.2. The van der Waals surface area contributed by atoms with Crippen LogP contribution < -0.4 is 4.74 Å². The van der Waals surface area contributed by atoms with Gasteiger partial charge in [-0.05, 0) is 79.7 Å². The molecule has 2 aliphatic carbocycles. The predicted octanol–water partition coefficient (Wildman–Crippen LogP) is 11.8. The van der Waals surface area contributed by atoms with Crippen LogP contribution >= 0.6 is 0 Å². The lowest BCUT2D eigenvalue weighted by atomic mass is 9.53. The highest BCUT2D eigenvalue weighted by atomic mass is 16.5. The monoisotopic (exact) mass is 600 g/mol. The maximum Gasteiger partial charge on any atom is 0.135 e. The first-order valence-corrected chi connectivity index (χ1v) is 16.5. The molecule has 3 atom stereocenters. The van der Waals surface area contributed by atoms with Crippen molar-refractivity contribution < 1.29 is 4.74 Å². The standard InChI is InChI=1S/C46H32O/c1-45-27-26-30-12-5-6-19-36(30)44(45)39-20-7-8-22-40(39)46(45,34-16-3-2-4-17-34)35-18-9-15-32(28-35)33-24-25-37-38-21-10-13-31-14-11-23-41(43(31)38)47-42(37)29-33/h2-29,44H,1H3. The minimum Gasteiger partial charge on any atom is -0.456 e. The van der Waals surface area contributed by atoms with Crippen LogP contribution in [0.2, 0.25) is 0 Å². The second-order valence-electron chi connectivity index (χ2n) is 13.4. The molecule has 1 heteroatoms. The molecule has 0 radical (unpaired) electrons. The van der Waals surface area contributed by atoms with Gasteiger partial charge in [-0.15, -0.1) is 0 Å². The van der Waals surface area contributed by atoms with E-state index in [0.29, 0.717) is 0 Å². The van der Waals surface area contributed by atoms with Crippen molar-refractivity contribution in [2.75, 3.05) is 0 Å². The summed E-state index contributed by atoms with van der Waals surface area (Å²) < 4.78 is 6.59. The van der Waals surface area contributed by atoms with Crippen LogP contribution in [0.1, 0.15) is 46.2 Å². The Morgan fingerprint density at radius 2 is 1.26 bits per heavy atom. The highest BCUT2D eigenvalue weighted by molar-refractivity contribution is 6.04. The zero-order chi connectivity index (χ0) is 31.2. The van der Waals surface area contributed by atoms with E-state index in [1.165, 1.54) is 55.3 Å². The Balaban J connectivity index is 1.19. The number of allylic oxidation sites excluding steroid dienone is 1. The number of ether oxygens (including phenoxy) is 1. The van der Waals surface area contributed by atoms with Crippen LogP contribution in [0.3, 0.4) is 0 Å². The van der Waals surface area contributed by atoms with Gasteiger partial charge in [0.15, 0.2) is 0 Å². The lowest BCUT2D eigenvalue weighted by Crippen LogP contribution is -2.44. The molecule has 0 saturated heterocycles. The molecular formula is C46H32O. The van der Waals surface area contributed by atoms with Crippen molar-refractivity contribution in [1.82, 2.24) is 0 Å². The van der Waals surface area contributed by atoms with E-state index in [1.54, 1.807) is 0 Å². The van der Waals surface area contributed by atoms with Gasteiger partial charge in [-0.3, -0.25) is 0 Å². The van der Waals surface area contributed by atoms with E-state index in [1.807, 2.05) is 0 Å². The summed E-state index contributed by atoms with van der Waals surface area (Å²) in [6.45, 7) is 2.48. The first kappa shape index (κ1) is 26.5. The summed E-state index contributed by atoms with van der Waals surface area (Å²) in [5.41, 5.74) is 12.2. The molecule has 7 aromatic rings. The third-order valence-electron chi connectivity index (χ3n) is 11.2. The first-order valence-electron chi connectivity index (χ1n) is 16.5. The lowest BCUT2D eigenvalue weighted by Gasteiger charge is -2.48. The Kier molecular flexibility index (Phi) is 5.46. The molecule has 3 unspecified atom stereocenters. The highest BCUT2D eigenvalue weighted by Crippen LogP contribution is 2.68. The molecule has 0 spiro atoms. The van der Waals surface area contributed by atoms with Gasteiger partial charge in [0, 0.05) is 22.3 Å². The molecule has 3 aliphatic rings. The summed E-state index contributed by atoms with van der Waals surface area (Å²) in [4.78, 5) is 0. The van der Waals surface area contributed by atoms with Gasteiger partial charge in [-0.2, -0.15) is 0 Å². The van der Waals surface area contributed by atoms with Crippen molar-refractivity contribution in [3.05, 3.63) is 197 Å². The van der Waals surface area contributed by atoms with Gasteiger partial charge in [0.2, 0.25) is 0 Å². The normalized spacial score (nSPS) is 21.3. The quantitative estimate of drug-likeness (QED) is 0.196. The van der Waals surface area contributed by atoms with Gasteiger partial charge in [0.1, 0.15) is 11.5 Å². The summed E-state index contributed by atoms with van der Waals surface area (Å²) in [5.74, 6) is 2.05. The Hall–Kier alpha value is -5.66. The molecule has 10 rings (SSSR count). The largest absolute Gasteiger partial charge is 0.456 e. The Labute approximate surface area is 275 Å². The maximum atomic E-state index is 6.59. The van der Waals surface area contributed by atoms with Gasteiger partial charge in [0.05, 0.1) is 5.41 Å². The van der Waals surface area contributed by atoms with Crippen LogP contribution in [0.5, 0.6) is 11.5 Å². The van der Waals surface area contributed by atoms with Gasteiger partial charge in [-0.25, -0.2) is 0 Å². The van der Waals surface area contributed by atoms with Gasteiger partial charge < -0.3 is 4.74 Å². The number of fused-ring (bicyclic) bond motifs is 7. The third kappa shape index (κ3) is 3.49. The molecule has 0 N–H and O–H groups in total. The highest BCUT2D eigenvalue weighted by Gasteiger charge is 2.61. The summed E-state index contributed by atoms with van der Waals surface area (Å²) in [6, 6.07) is 58.1. The minimum atomic E-state index is -0.408. The average Bonchev–Trinajstić information content (AvgIpc) is 3.38. The fourth-order valence-electron chi connectivity index (χ4n) is 9.28. The van der Waals surface area contributed by atoms with Crippen molar-refractivity contribution in [3.63, 3.8) is 0 Å². The molecule has 1 nitrogen and oxygen atoms in total. The summed E-state index contributed by atoms with van der Waals surface area (Å²) in [5, 5.41) is 2.39. The Morgan fingerprint density at radius 3 is 2.15 bits per heavy atom. The summed E-state index contributed by atoms with van der Waals surface area (Å²) in [6.07, 6.45) is 4.86. The second-order valence-corrected chi connectivity index (χ2v) is 13.4. The second kappa shape index (κ2) is 9.67. The van der Waals surface area contributed by atoms with E-state index in [9.17, 15) is 0 Å². The average molecular weight is 601 g/mol. The lowest BCUT2D eigenvalue weighted by molar-refractivity contribution is 0.285.